The summed E-state index contributed by atoms with van der Waals surface area (Å²) in [5, 5.41) is 2.69. The van der Waals surface area contributed by atoms with E-state index in [1.54, 1.807) is 11.9 Å². The van der Waals surface area contributed by atoms with Gasteiger partial charge in [-0.15, -0.1) is 0 Å². The Morgan fingerprint density at radius 1 is 0.587 bits per heavy atom. The van der Waals surface area contributed by atoms with Crippen molar-refractivity contribution in [2.75, 3.05) is 148 Å². The Kier molecular flexibility index (Phi) is 22.9. The molecule has 5 fully saturated rings. The molecule has 272 valence electrons. The molecule has 5 saturated heterocycles. The standard InChI is InChI=1S/C9H18N2O.C8H16N2O.2C6H13NO.C5H11NO/c1-10(2)9(12)8-4-6-11(3)7-5-8;1-9-8(11)7-3-5-10(2)6-4-7;2*1-6-5-8-4-3-7(6)2;1-6-2-4-7-5-3-6/h8H,4-7H2,1-3H3;7H,3-6H2,1-2H3,(H,9,11);2*6H,3-5H2,1-2H3;2-5H2,1H3/t;;2*6-;/m..10./s1. The van der Waals surface area contributed by atoms with E-state index in [1.807, 2.05) is 14.1 Å². The maximum Gasteiger partial charge on any atom is 0.225 e. The van der Waals surface area contributed by atoms with Crippen molar-refractivity contribution in [2.45, 2.75) is 51.6 Å². The van der Waals surface area contributed by atoms with Gasteiger partial charge >= 0.3 is 0 Å². The van der Waals surface area contributed by atoms with E-state index in [0.29, 0.717) is 18.0 Å². The van der Waals surface area contributed by atoms with Crippen LogP contribution < -0.4 is 5.32 Å². The highest BCUT2D eigenvalue weighted by atomic mass is 16.5. The second-order valence-corrected chi connectivity index (χ2v) is 13.7. The maximum atomic E-state index is 11.5. The van der Waals surface area contributed by atoms with Gasteiger partial charge < -0.3 is 39.1 Å². The number of carbonyl (C=O) groups excluding carboxylic acids is 2. The van der Waals surface area contributed by atoms with Crippen LogP contribution in [-0.4, -0.2) is 202 Å². The Labute approximate surface area is 282 Å². The lowest BCUT2D eigenvalue weighted by Gasteiger charge is -2.29. The maximum absolute atomic E-state index is 11.5. The molecule has 0 radical (unpaired) electrons. The second kappa shape index (κ2) is 24.7. The highest BCUT2D eigenvalue weighted by molar-refractivity contribution is 5.78. The molecule has 2 atom stereocenters. The van der Waals surface area contributed by atoms with Crippen molar-refractivity contribution < 1.29 is 23.8 Å². The molecule has 0 aromatic carbocycles. The third-order valence-electron chi connectivity index (χ3n) is 9.48. The van der Waals surface area contributed by atoms with E-state index < -0.39 is 0 Å². The number of likely N-dealkylation sites (N-methyl/N-ethyl adjacent to an activating group) is 3. The number of likely N-dealkylation sites (tertiary alicyclic amines) is 2. The van der Waals surface area contributed by atoms with Gasteiger partial charge in [-0.25, -0.2) is 0 Å². The van der Waals surface area contributed by atoms with Crippen LogP contribution in [0.4, 0.5) is 0 Å². The minimum Gasteiger partial charge on any atom is -0.379 e. The van der Waals surface area contributed by atoms with E-state index >= 15 is 0 Å². The van der Waals surface area contributed by atoms with Crippen LogP contribution in [0.1, 0.15) is 39.5 Å². The summed E-state index contributed by atoms with van der Waals surface area (Å²) < 4.78 is 15.5. The zero-order valence-corrected chi connectivity index (χ0v) is 31.3. The van der Waals surface area contributed by atoms with Crippen molar-refractivity contribution in [1.29, 1.82) is 0 Å². The lowest BCUT2D eigenvalue weighted by Crippen LogP contribution is -2.40. The number of morpholine rings is 3. The zero-order chi connectivity index (χ0) is 34.5. The Hall–Kier alpha value is -1.38. The zero-order valence-electron chi connectivity index (χ0n) is 31.3. The number of amides is 2. The van der Waals surface area contributed by atoms with Crippen molar-refractivity contribution >= 4 is 11.8 Å². The predicted octanol–water partition coefficient (Wildman–Crippen LogP) is 1.11. The molecule has 46 heavy (non-hydrogen) atoms. The quantitative estimate of drug-likeness (QED) is 0.466. The summed E-state index contributed by atoms with van der Waals surface area (Å²) in [6.07, 6.45) is 4.06. The van der Waals surface area contributed by atoms with Crippen LogP contribution in [-0.2, 0) is 23.8 Å². The van der Waals surface area contributed by atoms with Crippen molar-refractivity contribution in [3.05, 3.63) is 0 Å². The molecule has 0 bridgehead atoms. The van der Waals surface area contributed by atoms with Gasteiger partial charge in [-0.2, -0.15) is 0 Å². The first-order chi connectivity index (χ1) is 21.8. The summed E-state index contributed by atoms with van der Waals surface area (Å²) in [7, 11) is 16.0. The fourth-order valence-electron chi connectivity index (χ4n) is 5.37. The smallest absolute Gasteiger partial charge is 0.225 e. The molecule has 0 aromatic heterocycles. The molecule has 1 N–H and O–H groups in total. The normalized spacial score (nSPS) is 26.0. The minimum atomic E-state index is 0.207. The number of piperidine rings is 2. The Bertz CT molecular complexity index is 746. The van der Waals surface area contributed by atoms with Crippen molar-refractivity contribution in [1.82, 2.24) is 34.7 Å². The van der Waals surface area contributed by atoms with Gasteiger partial charge in [0.05, 0.1) is 39.6 Å². The van der Waals surface area contributed by atoms with Crippen LogP contribution in [0.25, 0.3) is 0 Å². The van der Waals surface area contributed by atoms with Crippen LogP contribution in [0.5, 0.6) is 0 Å². The number of rotatable bonds is 2. The summed E-state index contributed by atoms with van der Waals surface area (Å²) in [6.45, 7) is 18.4. The van der Waals surface area contributed by atoms with E-state index in [1.165, 1.54) is 0 Å². The topological polar surface area (TPSA) is 93.3 Å². The number of carbonyl (C=O) groups is 2. The first-order valence-corrected chi connectivity index (χ1v) is 17.5. The summed E-state index contributed by atoms with van der Waals surface area (Å²) in [4.78, 5) is 35.8. The molecular formula is C34H71N7O5. The number of hydrogen-bond acceptors (Lipinski definition) is 10. The molecule has 5 aliphatic heterocycles. The molecule has 2 amide bonds. The fraction of sp³-hybridized carbons (Fsp3) is 0.941. The van der Waals surface area contributed by atoms with Gasteiger partial charge in [0.2, 0.25) is 11.8 Å². The Morgan fingerprint density at radius 3 is 1.24 bits per heavy atom. The van der Waals surface area contributed by atoms with Gasteiger partial charge in [0.15, 0.2) is 0 Å². The van der Waals surface area contributed by atoms with Gasteiger partial charge in [-0.05, 0) is 101 Å². The lowest BCUT2D eigenvalue weighted by molar-refractivity contribution is -0.134. The van der Waals surface area contributed by atoms with Gasteiger partial charge in [-0.3, -0.25) is 19.4 Å². The van der Waals surface area contributed by atoms with E-state index in [4.69, 9.17) is 14.2 Å². The summed E-state index contributed by atoms with van der Waals surface area (Å²) in [5.41, 5.74) is 0. The highest BCUT2D eigenvalue weighted by Gasteiger charge is 2.24. The van der Waals surface area contributed by atoms with E-state index in [9.17, 15) is 9.59 Å². The predicted molar refractivity (Wildman–Crippen MR) is 187 cm³/mol. The number of nitrogens with one attached hydrogen (secondary N) is 1. The second-order valence-electron chi connectivity index (χ2n) is 13.7. The average Bonchev–Trinajstić information content (AvgIpc) is 3.05. The van der Waals surface area contributed by atoms with E-state index in [0.717, 1.165) is 118 Å². The molecular weight excluding hydrogens is 586 g/mol. The fourth-order valence-corrected chi connectivity index (χ4v) is 5.37. The molecule has 5 aliphatic rings. The molecule has 0 spiro atoms. The third kappa shape index (κ3) is 18.8. The molecule has 0 aliphatic carbocycles. The number of ether oxygens (including phenoxy) is 3. The van der Waals surface area contributed by atoms with Gasteiger partial charge in [-0.1, -0.05) is 0 Å². The van der Waals surface area contributed by atoms with Crippen LogP contribution in [0.3, 0.4) is 0 Å². The van der Waals surface area contributed by atoms with Crippen LogP contribution >= 0.6 is 0 Å². The largest absolute Gasteiger partial charge is 0.379 e. The molecule has 5 rings (SSSR count). The van der Waals surface area contributed by atoms with Crippen LogP contribution in [0.2, 0.25) is 0 Å². The first kappa shape index (κ1) is 42.6. The van der Waals surface area contributed by atoms with Crippen molar-refractivity contribution in [3.8, 4) is 0 Å². The monoisotopic (exact) mass is 658 g/mol. The van der Waals surface area contributed by atoms with E-state index in [2.05, 4.69) is 78.9 Å². The van der Waals surface area contributed by atoms with Crippen LogP contribution in [0, 0.1) is 11.8 Å². The molecule has 5 heterocycles. The van der Waals surface area contributed by atoms with Crippen molar-refractivity contribution in [3.63, 3.8) is 0 Å². The molecule has 0 saturated carbocycles. The minimum absolute atomic E-state index is 0.207. The summed E-state index contributed by atoms with van der Waals surface area (Å²) in [6, 6.07) is 1.23. The van der Waals surface area contributed by atoms with Gasteiger partial charge in [0.25, 0.3) is 0 Å². The highest BCUT2D eigenvalue weighted by Crippen LogP contribution is 2.17. The molecule has 12 heteroatoms. The Morgan fingerprint density at radius 2 is 0.957 bits per heavy atom. The molecule has 0 aromatic rings. The third-order valence-corrected chi connectivity index (χ3v) is 9.48. The summed E-state index contributed by atoms with van der Waals surface area (Å²) >= 11 is 0. The average molecular weight is 658 g/mol. The lowest BCUT2D eigenvalue weighted by atomic mass is 9.96. The first-order valence-electron chi connectivity index (χ1n) is 17.5. The number of hydrogen-bond donors (Lipinski definition) is 1. The van der Waals surface area contributed by atoms with Gasteiger partial charge in [0.1, 0.15) is 0 Å². The molecule has 12 nitrogen and oxygen atoms in total. The molecule has 0 unspecified atom stereocenters. The van der Waals surface area contributed by atoms with Gasteiger partial charge in [0, 0.05) is 71.2 Å². The SMILES string of the molecule is CN1CCC(C(=O)N(C)C)CC1.CN1CCOCC1.CNC(=O)C1CCN(C)CC1.C[C@@H]1COCCN1C.C[C@H]1COCCN1C. The van der Waals surface area contributed by atoms with E-state index in [-0.39, 0.29) is 17.7 Å². The van der Waals surface area contributed by atoms with Crippen molar-refractivity contribution in [2.24, 2.45) is 11.8 Å². The number of nitrogens with zero attached hydrogens (tertiary/aromatic N) is 6. The summed E-state index contributed by atoms with van der Waals surface area (Å²) in [5.74, 6) is 1.04. The van der Waals surface area contributed by atoms with Crippen LogP contribution in [0.15, 0.2) is 0 Å². The Balaban J connectivity index is 0.000000292.